The van der Waals surface area contributed by atoms with Crippen molar-refractivity contribution in [3.63, 3.8) is 0 Å². The molecule has 0 N–H and O–H groups in total. The van der Waals surface area contributed by atoms with Gasteiger partial charge in [0.15, 0.2) is 11.0 Å². The number of para-hydroxylation sites is 1. The standard InChI is InChI=1S/C22H22N6OS2/c1-14(21-24-17-7-3-4-8-18(17)31-21)27(2)19(29)13-30-22-26-25-20(28(22)16-9-10-16)15-6-5-11-23-12-15/h3-8,11-12,14,16H,9-10,13H2,1-2H3/t14-/m0/s1. The van der Waals surface area contributed by atoms with Gasteiger partial charge in [-0.2, -0.15) is 0 Å². The average molecular weight is 451 g/mol. The topological polar surface area (TPSA) is 76.8 Å². The molecule has 7 nitrogen and oxygen atoms in total. The molecule has 0 bridgehead atoms. The van der Waals surface area contributed by atoms with Crippen LogP contribution in [0.3, 0.4) is 0 Å². The number of fused-ring (bicyclic) bond motifs is 1. The minimum atomic E-state index is -0.0854. The van der Waals surface area contributed by atoms with Crippen molar-refractivity contribution < 1.29 is 4.79 Å². The molecule has 0 unspecified atom stereocenters. The SMILES string of the molecule is C[C@@H](c1nc2ccccc2s1)N(C)C(=O)CSc1nnc(-c2cccnc2)n1C1CC1. The first-order valence-electron chi connectivity index (χ1n) is 10.2. The molecule has 158 valence electrons. The van der Waals surface area contributed by atoms with Gasteiger partial charge >= 0.3 is 0 Å². The molecule has 1 saturated carbocycles. The van der Waals surface area contributed by atoms with Crippen LogP contribution in [0.1, 0.15) is 36.9 Å². The lowest BCUT2D eigenvalue weighted by Crippen LogP contribution is -2.31. The second-order valence-corrected chi connectivity index (χ2v) is 9.64. The summed E-state index contributed by atoms with van der Waals surface area (Å²) in [5.74, 6) is 1.18. The predicted molar refractivity (Wildman–Crippen MR) is 123 cm³/mol. The van der Waals surface area contributed by atoms with E-state index in [0.29, 0.717) is 11.8 Å². The van der Waals surface area contributed by atoms with E-state index in [1.807, 2.05) is 44.3 Å². The first-order chi connectivity index (χ1) is 15.1. The molecule has 9 heteroatoms. The van der Waals surface area contributed by atoms with Crippen LogP contribution < -0.4 is 0 Å². The van der Waals surface area contributed by atoms with Gasteiger partial charge in [0.1, 0.15) is 5.01 Å². The number of nitrogens with zero attached hydrogens (tertiary/aromatic N) is 6. The van der Waals surface area contributed by atoms with Crippen molar-refractivity contribution in [2.75, 3.05) is 12.8 Å². The van der Waals surface area contributed by atoms with Crippen LogP contribution in [0, 0.1) is 0 Å². The maximum absolute atomic E-state index is 12.9. The van der Waals surface area contributed by atoms with Gasteiger partial charge in [0, 0.05) is 31.0 Å². The number of carbonyl (C=O) groups is 1. The molecule has 1 aromatic carbocycles. The van der Waals surface area contributed by atoms with Crippen molar-refractivity contribution in [1.29, 1.82) is 0 Å². The highest BCUT2D eigenvalue weighted by atomic mass is 32.2. The van der Waals surface area contributed by atoms with Gasteiger partial charge in [-0.1, -0.05) is 23.9 Å². The fraction of sp³-hybridized carbons (Fsp3) is 0.318. The van der Waals surface area contributed by atoms with Gasteiger partial charge in [0.05, 0.1) is 22.0 Å². The van der Waals surface area contributed by atoms with Gasteiger partial charge < -0.3 is 4.90 Å². The first-order valence-corrected chi connectivity index (χ1v) is 12.0. The van der Waals surface area contributed by atoms with E-state index in [-0.39, 0.29) is 11.9 Å². The van der Waals surface area contributed by atoms with Gasteiger partial charge in [0.2, 0.25) is 5.91 Å². The number of hydrogen-bond donors (Lipinski definition) is 0. The zero-order valence-electron chi connectivity index (χ0n) is 17.3. The van der Waals surface area contributed by atoms with Crippen LogP contribution in [0.2, 0.25) is 0 Å². The summed E-state index contributed by atoms with van der Waals surface area (Å²) in [7, 11) is 1.84. The number of thiazole rings is 1. The van der Waals surface area contributed by atoms with Gasteiger partial charge in [-0.25, -0.2) is 4.98 Å². The molecular formula is C22H22N6OS2. The minimum absolute atomic E-state index is 0.0463. The van der Waals surface area contributed by atoms with Crippen molar-refractivity contribution in [2.24, 2.45) is 0 Å². The summed E-state index contributed by atoms with van der Waals surface area (Å²) in [6, 6.07) is 12.3. The van der Waals surface area contributed by atoms with Gasteiger partial charge in [-0.15, -0.1) is 21.5 Å². The Labute approximate surface area is 188 Å². The predicted octanol–water partition coefficient (Wildman–Crippen LogP) is 4.60. The second-order valence-electron chi connectivity index (χ2n) is 7.64. The van der Waals surface area contributed by atoms with E-state index < -0.39 is 0 Å². The van der Waals surface area contributed by atoms with E-state index in [2.05, 4.69) is 25.8 Å². The summed E-state index contributed by atoms with van der Waals surface area (Å²) in [6.45, 7) is 2.02. The normalized spacial score (nSPS) is 14.6. The van der Waals surface area contributed by atoms with E-state index in [0.717, 1.165) is 44.6 Å². The maximum atomic E-state index is 12.9. The van der Waals surface area contributed by atoms with Crippen LogP contribution >= 0.6 is 23.1 Å². The minimum Gasteiger partial charge on any atom is -0.336 e. The summed E-state index contributed by atoms with van der Waals surface area (Å²) >= 11 is 3.08. The number of benzene rings is 1. The smallest absolute Gasteiger partial charge is 0.233 e. The Morgan fingerprint density at radius 1 is 1.26 bits per heavy atom. The number of thioether (sulfide) groups is 1. The Balaban J connectivity index is 1.29. The van der Waals surface area contributed by atoms with Crippen LogP contribution in [-0.2, 0) is 4.79 Å². The molecule has 1 aliphatic carbocycles. The molecule has 1 aliphatic rings. The lowest BCUT2D eigenvalue weighted by atomic mass is 10.3. The third-order valence-electron chi connectivity index (χ3n) is 5.46. The molecule has 0 aliphatic heterocycles. The molecule has 1 atom stereocenters. The number of aromatic nitrogens is 5. The molecule has 3 aromatic heterocycles. The lowest BCUT2D eigenvalue weighted by molar-refractivity contribution is -0.128. The van der Waals surface area contributed by atoms with Crippen molar-refractivity contribution in [3.05, 3.63) is 53.8 Å². The van der Waals surface area contributed by atoms with E-state index in [1.54, 1.807) is 28.6 Å². The fourth-order valence-electron chi connectivity index (χ4n) is 3.41. The van der Waals surface area contributed by atoms with Gasteiger partial charge in [-0.3, -0.25) is 14.3 Å². The highest BCUT2D eigenvalue weighted by Gasteiger charge is 2.31. The van der Waals surface area contributed by atoms with E-state index >= 15 is 0 Å². The monoisotopic (exact) mass is 450 g/mol. The summed E-state index contributed by atoms with van der Waals surface area (Å²) in [4.78, 5) is 23.6. The zero-order chi connectivity index (χ0) is 21.4. The first kappa shape index (κ1) is 20.1. The maximum Gasteiger partial charge on any atom is 0.233 e. The highest BCUT2D eigenvalue weighted by molar-refractivity contribution is 7.99. The largest absolute Gasteiger partial charge is 0.336 e. The number of pyridine rings is 1. The summed E-state index contributed by atoms with van der Waals surface area (Å²) < 4.78 is 3.30. The van der Waals surface area contributed by atoms with Gasteiger partial charge in [0.25, 0.3) is 0 Å². The summed E-state index contributed by atoms with van der Waals surface area (Å²) in [5.41, 5.74) is 1.92. The number of carbonyl (C=O) groups excluding carboxylic acids is 1. The Bertz CT molecular complexity index is 1180. The van der Waals surface area contributed by atoms with Crippen LogP contribution in [0.15, 0.2) is 53.9 Å². The number of rotatable bonds is 7. The van der Waals surface area contributed by atoms with Crippen LogP contribution in [0.4, 0.5) is 0 Å². The van der Waals surface area contributed by atoms with Crippen molar-refractivity contribution in [2.45, 2.75) is 37.0 Å². The Kier molecular flexibility index (Phi) is 5.45. The molecule has 0 radical (unpaired) electrons. The highest BCUT2D eigenvalue weighted by Crippen LogP contribution is 2.41. The van der Waals surface area contributed by atoms with Crippen molar-refractivity contribution in [1.82, 2.24) is 29.6 Å². The van der Waals surface area contributed by atoms with E-state index in [1.165, 1.54) is 11.8 Å². The molecule has 5 rings (SSSR count). The molecule has 4 aromatic rings. The number of hydrogen-bond acceptors (Lipinski definition) is 7. The van der Waals surface area contributed by atoms with Crippen LogP contribution in [0.5, 0.6) is 0 Å². The molecule has 31 heavy (non-hydrogen) atoms. The Morgan fingerprint density at radius 3 is 2.84 bits per heavy atom. The van der Waals surface area contributed by atoms with Crippen molar-refractivity contribution >= 4 is 39.2 Å². The Morgan fingerprint density at radius 2 is 2.10 bits per heavy atom. The average Bonchev–Trinajstić information content (AvgIpc) is 3.40. The van der Waals surface area contributed by atoms with E-state index in [4.69, 9.17) is 4.98 Å². The molecule has 1 fully saturated rings. The van der Waals surface area contributed by atoms with Crippen LogP contribution in [0.25, 0.3) is 21.6 Å². The Hall–Kier alpha value is -2.78. The summed E-state index contributed by atoms with van der Waals surface area (Å²) in [6.07, 6.45) is 5.77. The summed E-state index contributed by atoms with van der Waals surface area (Å²) in [5, 5.41) is 10.5. The van der Waals surface area contributed by atoms with Crippen molar-refractivity contribution in [3.8, 4) is 11.4 Å². The quantitative estimate of drug-likeness (QED) is 0.383. The zero-order valence-corrected chi connectivity index (χ0v) is 18.9. The molecule has 3 heterocycles. The second kappa shape index (κ2) is 8.39. The third-order valence-corrected chi connectivity index (χ3v) is 7.60. The number of amides is 1. The van der Waals surface area contributed by atoms with Crippen LogP contribution in [-0.4, -0.2) is 48.3 Å². The fourth-order valence-corrected chi connectivity index (χ4v) is 5.40. The molecule has 0 spiro atoms. The third kappa shape index (κ3) is 4.07. The molecular weight excluding hydrogens is 428 g/mol. The molecule has 1 amide bonds. The van der Waals surface area contributed by atoms with E-state index in [9.17, 15) is 4.79 Å². The molecule has 0 saturated heterocycles. The van der Waals surface area contributed by atoms with Gasteiger partial charge in [-0.05, 0) is 44.0 Å². The lowest BCUT2D eigenvalue weighted by Gasteiger charge is -2.23.